The zero-order valence-corrected chi connectivity index (χ0v) is 26.6. The van der Waals surface area contributed by atoms with E-state index in [9.17, 15) is 19.2 Å². The van der Waals surface area contributed by atoms with E-state index in [4.69, 9.17) is 23.7 Å². The van der Waals surface area contributed by atoms with Crippen molar-refractivity contribution in [2.75, 3.05) is 6.61 Å². The number of nitrogens with zero attached hydrogens (tertiary/aromatic N) is 1. The van der Waals surface area contributed by atoms with Crippen molar-refractivity contribution in [1.29, 1.82) is 0 Å². The summed E-state index contributed by atoms with van der Waals surface area (Å²) in [7, 11) is 0. The van der Waals surface area contributed by atoms with E-state index < -0.39 is 88.3 Å². The van der Waals surface area contributed by atoms with Crippen LogP contribution in [0.15, 0.2) is 48.8 Å². The monoisotopic (exact) mass is 623 g/mol. The largest absolute Gasteiger partial charge is 0.461 e. The fourth-order valence-electron chi connectivity index (χ4n) is 8.32. The van der Waals surface area contributed by atoms with Crippen molar-refractivity contribution in [3.8, 4) is 0 Å². The predicted octanol–water partition coefficient (Wildman–Crippen LogP) is 3.94. The van der Waals surface area contributed by atoms with Crippen molar-refractivity contribution in [3.63, 3.8) is 0 Å². The van der Waals surface area contributed by atoms with Crippen LogP contribution in [0.2, 0.25) is 0 Å². The van der Waals surface area contributed by atoms with Crippen LogP contribution in [0.5, 0.6) is 0 Å². The summed E-state index contributed by atoms with van der Waals surface area (Å²) >= 11 is 0. The second-order valence-electron chi connectivity index (χ2n) is 12.9. The Bertz CT molecular complexity index is 1440. The molecule has 11 heteroatoms. The number of Topliss-reactive ketones (excluding diaryl/α,β-unsaturated/α-hetero) is 1. The number of pyridine rings is 1. The zero-order chi connectivity index (χ0) is 32.9. The normalized spacial score (nSPS) is 37.9. The van der Waals surface area contributed by atoms with Crippen LogP contribution in [0.4, 0.5) is 0 Å². The molecule has 2 heterocycles. The fraction of sp³-hybridized carbons (Fsp3) is 0.588. The lowest BCUT2D eigenvalue weighted by Crippen LogP contribution is -2.62. The van der Waals surface area contributed by atoms with Gasteiger partial charge in [0.1, 0.15) is 23.9 Å². The number of hydrogen-bond acceptors (Lipinski definition) is 11. The molecular weight excluding hydrogens is 582 g/mol. The van der Waals surface area contributed by atoms with Gasteiger partial charge in [-0.2, -0.15) is 0 Å². The van der Waals surface area contributed by atoms with E-state index in [0.717, 1.165) is 0 Å². The topological polar surface area (TPSA) is 144 Å². The van der Waals surface area contributed by atoms with E-state index in [1.807, 2.05) is 13.0 Å². The third-order valence-corrected chi connectivity index (χ3v) is 10.1. The molecule has 0 spiro atoms. The molecule has 0 aromatic carbocycles. The number of carbonyl (C=O) groups is 5. The molecule has 4 aliphatic rings. The van der Waals surface area contributed by atoms with Gasteiger partial charge >= 0.3 is 23.9 Å². The number of fused-ring (bicyclic) bond motifs is 1. The SMILES string of the molecule is C=C(C)[C@@H]1C=C[C@@H](OC(=O)c2cccnc2)[C@@]23CO[C@@](C)(C(=O)[C@@]4(OC(C)=O)C[C@H](C)[C@H](OC(=O)CC)[C@@H]4[C@H]2OC(=O)CC)[C@H]13. The summed E-state index contributed by atoms with van der Waals surface area (Å²) in [4.78, 5) is 71.7. The third-order valence-electron chi connectivity index (χ3n) is 10.1. The Morgan fingerprint density at radius 3 is 2.36 bits per heavy atom. The summed E-state index contributed by atoms with van der Waals surface area (Å²) in [5.74, 6) is -5.86. The van der Waals surface area contributed by atoms with Gasteiger partial charge in [0.2, 0.25) is 5.78 Å². The molecule has 11 nitrogen and oxygen atoms in total. The summed E-state index contributed by atoms with van der Waals surface area (Å²) in [6.45, 7) is 13.8. The summed E-state index contributed by atoms with van der Waals surface area (Å²) in [5.41, 5.74) is -3.94. The number of allylic oxidation sites excluding steroid dienone is 2. The number of hydrogen-bond donors (Lipinski definition) is 0. The molecular formula is C34H41NO10. The van der Waals surface area contributed by atoms with Crippen LogP contribution in [0, 0.1) is 29.1 Å². The van der Waals surface area contributed by atoms with Gasteiger partial charge in [0, 0.05) is 50.4 Å². The second kappa shape index (κ2) is 11.8. The maximum absolute atomic E-state index is 15.1. The smallest absolute Gasteiger partial charge is 0.340 e. The van der Waals surface area contributed by atoms with Gasteiger partial charge in [-0.05, 0) is 38.0 Å². The summed E-state index contributed by atoms with van der Waals surface area (Å²) < 4.78 is 31.1. The van der Waals surface area contributed by atoms with Gasteiger partial charge in [0.05, 0.1) is 23.5 Å². The molecule has 1 aromatic rings. The first-order chi connectivity index (χ1) is 21.3. The predicted molar refractivity (Wildman–Crippen MR) is 158 cm³/mol. The van der Waals surface area contributed by atoms with E-state index in [-0.39, 0.29) is 31.4 Å². The van der Waals surface area contributed by atoms with Gasteiger partial charge in [0.15, 0.2) is 5.60 Å². The van der Waals surface area contributed by atoms with E-state index in [1.165, 1.54) is 19.3 Å². The van der Waals surface area contributed by atoms with Crippen LogP contribution in [-0.2, 0) is 42.9 Å². The van der Waals surface area contributed by atoms with E-state index in [2.05, 4.69) is 11.6 Å². The average Bonchev–Trinajstić information content (AvgIpc) is 3.46. The summed E-state index contributed by atoms with van der Waals surface area (Å²) in [6.07, 6.45) is 3.24. The Morgan fingerprint density at radius 2 is 1.76 bits per heavy atom. The number of carbonyl (C=O) groups excluding carboxylic acids is 5. The Balaban J connectivity index is 1.81. The first-order valence-corrected chi connectivity index (χ1v) is 15.5. The Morgan fingerprint density at radius 1 is 1.07 bits per heavy atom. The lowest BCUT2D eigenvalue weighted by atomic mass is 9.55. The molecule has 0 amide bonds. The van der Waals surface area contributed by atoms with Crippen LogP contribution in [0.25, 0.3) is 0 Å². The number of aromatic nitrogens is 1. The second-order valence-corrected chi connectivity index (χ2v) is 12.9. The van der Waals surface area contributed by atoms with Crippen molar-refractivity contribution in [1.82, 2.24) is 4.98 Å². The van der Waals surface area contributed by atoms with Crippen molar-refractivity contribution >= 4 is 29.7 Å². The van der Waals surface area contributed by atoms with Crippen molar-refractivity contribution in [3.05, 3.63) is 54.4 Å². The molecule has 3 fully saturated rings. The van der Waals surface area contributed by atoms with Gasteiger partial charge in [-0.25, -0.2) is 4.79 Å². The number of rotatable bonds is 8. The number of esters is 4. The fourth-order valence-corrected chi connectivity index (χ4v) is 8.32. The quantitative estimate of drug-likeness (QED) is 0.236. The highest BCUT2D eigenvalue weighted by Crippen LogP contribution is 2.67. The Hall–Kier alpha value is -3.86. The Kier molecular flexibility index (Phi) is 8.54. The first kappa shape index (κ1) is 32.5. The highest BCUT2D eigenvalue weighted by atomic mass is 16.6. The van der Waals surface area contributed by atoms with Crippen molar-refractivity contribution < 1.29 is 47.7 Å². The molecule has 5 rings (SSSR count). The molecule has 45 heavy (non-hydrogen) atoms. The maximum Gasteiger partial charge on any atom is 0.340 e. The summed E-state index contributed by atoms with van der Waals surface area (Å²) in [6, 6.07) is 3.18. The molecule has 1 saturated heterocycles. The van der Waals surface area contributed by atoms with Crippen LogP contribution in [0.3, 0.4) is 0 Å². The lowest BCUT2D eigenvalue weighted by molar-refractivity contribution is -0.210. The van der Waals surface area contributed by atoms with Gasteiger partial charge in [-0.1, -0.05) is 39.0 Å². The molecule has 1 aromatic heterocycles. The van der Waals surface area contributed by atoms with Gasteiger partial charge in [-0.3, -0.25) is 24.2 Å². The van der Waals surface area contributed by atoms with Crippen LogP contribution < -0.4 is 0 Å². The molecule has 0 radical (unpaired) electrons. The van der Waals surface area contributed by atoms with Crippen LogP contribution in [-0.4, -0.2) is 70.8 Å². The molecule has 0 N–H and O–H groups in total. The van der Waals surface area contributed by atoms with Crippen molar-refractivity contribution in [2.45, 2.75) is 90.3 Å². The lowest BCUT2D eigenvalue weighted by Gasteiger charge is -2.51. The number of ether oxygens (including phenoxy) is 5. The minimum atomic E-state index is -1.88. The highest BCUT2D eigenvalue weighted by Gasteiger charge is 2.81. The molecule has 0 unspecified atom stereocenters. The molecule has 10 atom stereocenters. The average molecular weight is 624 g/mol. The van der Waals surface area contributed by atoms with Gasteiger partial charge < -0.3 is 23.7 Å². The van der Waals surface area contributed by atoms with E-state index >= 15 is 4.79 Å². The Labute approximate surface area is 262 Å². The standard InChI is InChI=1S/C34H41NO10/c1-8-24(37)43-27-19(5)15-34(45-20(6)36)26(27)29(44-25(38)9-2)33-17-41-32(7,31(34)40)28(33)22(18(3)4)12-13-23(33)42-30(39)21-11-10-14-35-16-21/h10-14,16,19,22-23,26-29H,3,8-9,15,17H2,1-2,4-7H3/t19-,22-,23+,26+,27-,28-,29+,32+,33+,34+/m0/s1. The molecule has 2 bridgehead atoms. The van der Waals surface area contributed by atoms with E-state index in [1.54, 1.807) is 45.9 Å². The molecule has 3 aliphatic carbocycles. The van der Waals surface area contributed by atoms with Crippen LogP contribution in [0.1, 0.15) is 71.2 Å². The molecule has 242 valence electrons. The minimum Gasteiger partial charge on any atom is -0.461 e. The molecule has 1 aliphatic heterocycles. The third kappa shape index (κ3) is 4.99. The summed E-state index contributed by atoms with van der Waals surface area (Å²) in [5, 5.41) is 0. The molecule has 2 saturated carbocycles. The van der Waals surface area contributed by atoms with Crippen molar-refractivity contribution in [2.24, 2.45) is 29.1 Å². The highest BCUT2D eigenvalue weighted by molar-refractivity contribution is 5.98. The maximum atomic E-state index is 15.1. The zero-order valence-electron chi connectivity index (χ0n) is 26.6. The van der Waals surface area contributed by atoms with Crippen LogP contribution >= 0.6 is 0 Å². The van der Waals surface area contributed by atoms with E-state index in [0.29, 0.717) is 5.57 Å². The van der Waals surface area contributed by atoms with Gasteiger partial charge in [0.25, 0.3) is 0 Å². The van der Waals surface area contributed by atoms with Gasteiger partial charge in [-0.15, -0.1) is 0 Å². The number of ketones is 1. The minimum absolute atomic E-state index is 0.00493. The first-order valence-electron chi connectivity index (χ1n) is 15.5.